The molecule has 0 aliphatic rings. The third-order valence-electron chi connectivity index (χ3n) is 4.96. The van der Waals surface area contributed by atoms with Crippen LogP contribution in [0, 0.1) is 0 Å². The number of phenols is 2. The van der Waals surface area contributed by atoms with Gasteiger partial charge < -0.3 is 20.8 Å². The highest BCUT2D eigenvalue weighted by molar-refractivity contribution is 6.05. The van der Waals surface area contributed by atoms with Crippen molar-refractivity contribution in [1.82, 2.24) is 5.43 Å². The predicted octanol–water partition coefficient (Wildman–Crippen LogP) is 3.76. The molecular formula is C24H23N7O2. The molecule has 0 aliphatic heterocycles. The maximum absolute atomic E-state index is 10.5. The number of hydrazine groups is 1. The van der Waals surface area contributed by atoms with Crippen molar-refractivity contribution in [3.63, 3.8) is 0 Å². The molecule has 0 bridgehead atoms. The number of benzene rings is 4. The van der Waals surface area contributed by atoms with Gasteiger partial charge in [0.2, 0.25) is 11.9 Å². The molecule has 9 nitrogen and oxygen atoms in total. The number of aromatic hydroxyl groups is 2. The van der Waals surface area contributed by atoms with Crippen molar-refractivity contribution in [2.75, 3.05) is 17.3 Å². The predicted molar refractivity (Wildman–Crippen MR) is 135 cm³/mol. The van der Waals surface area contributed by atoms with Gasteiger partial charge in [-0.25, -0.2) is 15.8 Å². The van der Waals surface area contributed by atoms with Crippen LogP contribution in [-0.2, 0) is 0 Å². The summed E-state index contributed by atoms with van der Waals surface area (Å²) >= 11 is 0. The monoisotopic (exact) mass is 441 g/mol. The van der Waals surface area contributed by atoms with Crippen molar-refractivity contribution in [3.05, 3.63) is 72.8 Å². The summed E-state index contributed by atoms with van der Waals surface area (Å²) in [7, 11) is 0. The molecule has 0 atom stereocenters. The largest absolute Gasteiger partial charge is 0.506 e. The Morgan fingerprint density at radius 3 is 1.85 bits per heavy atom. The van der Waals surface area contributed by atoms with Crippen LogP contribution >= 0.6 is 0 Å². The zero-order valence-electron chi connectivity index (χ0n) is 17.7. The maximum Gasteiger partial charge on any atom is 0.239 e. The molecule has 0 saturated carbocycles. The first kappa shape index (κ1) is 21.6. The standard InChI is InChI=1S/C24H23N7O2/c1-26-23(31-25)30-24(29-20-11-16-7-3-5-9-18(16)13-22(20)33)28-14-27-19-10-15-6-2-4-8-17(15)12-21(19)32/h2-13,27,32-33H,1,14,25H2,(H2,28,29,30,31). The van der Waals surface area contributed by atoms with Crippen LogP contribution in [0.1, 0.15) is 0 Å². The number of nitrogens with one attached hydrogen (secondary N) is 3. The molecule has 0 aliphatic carbocycles. The first-order valence-electron chi connectivity index (χ1n) is 10.1. The summed E-state index contributed by atoms with van der Waals surface area (Å²) < 4.78 is 0. The fourth-order valence-corrected chi connectivity index (χ4v) is 3.33. The van der Waals surface area contributed by atoms with E-state index in [0.717, 1.165) is 21.5 Å². The van der Waals surface area contributed by atoms with Gasteiger partial charge in [0.15, 0.2) is 0 Å². The molecule has 166 valence electrons. The third-order valence-corrected chi connectivity index (χ3v) is 4.96. The topological polar surface area (TPSA) is 140 Å². The lowest BCUT2D eigenvalue weighted by atomic mass is 10.1. The lowest BCUT2D eigenvalue weighted by Gasteiger charge is -2.12. The normalized spacial score (nSPS) is 12.0. The molecule has 4 aromatic carbocycles. The van der Waals surface area contributed by atoms with Gasteiger partial charge >= 0.3 is 0 Å². The van der Waals surface area contributed by atoms with Crippen molar-refractivity contribution in [2.24, 2.45) is 20.8 Å². The van der Waals surface area contributed by atoms with Crippen LogP contribution < -0.4 is 21.9 Å². The van der Waals surface area contributed by atoms with Gasteiger partial charge in [0, 0.05) is 0 Å². The summed E-state index contributed by atoms with van der Waals surface area (Å²) in [6, 6.07) is 22.3. The molecule has 33 heavy (non-hydrogen) atoms. The van der Waals surface area contributed by atoms with Gasteiger partial charge in [-0.1, -0.05) is 48.5 Å². The van der Waals surface area contributed by atoms with E-state index in [4.69, 9.17) is 5.84 Å². The van der Waals surface area contributed by atoms with Crippen LogP contribution in [0.25, 0.3) is 21.5 Å². The first-order chi connectivity index (χ1) is 16.1. The average Bonchev–Trinajstić information content (AvgIpc) is 2.83. The zero-order chi connectivity index (χ0) is 23.2. The molecular weight excluding hydrogens is 418 g/mol. The first-order valence-corrected chi connectivity index (χ1v) is 10.1. The molecule has 4 rings (SSSR count). The van der Waals surface area contributed by atoms with Crippen molar-refractivity contribution in [1.29, 1.82) is 0 Å². The van der Waals surface area contributed by atoms with E-state index in [1.807, 2.05) is 54.6 Å². The summed E-state index contributed by atoms with van der Waals surface area (Å²) in [6.45, 7) is 3.49. The van der Waals surface area contributed by atoms with E-state index in [0.29, 0.717) is 11.4 Å². The number of guanidine groups is 2. The van der Waals surface area contributed by atoms with Gasteiger partial charge in [0.05, 0.1) is 11.4 Å². The number of hydrogen-bond acceptors (Lipinski definition) is 5. The second kappa shape index (κ2) is 9.67. The number of aliphatic imine (C=N–C) groups is 3. The zero-order valence-corrected chi connectivity index (χ0v) is 17.7. The molecule has 0 radical (unpaired) electrons. The summed E-state index contributed by atoms with van der Waals surface area (Å²) in [5, 5.41) is 30.6. The average molecular weight is 441 g/mol. The third kappa shape index (κ3) is 5.00. The van der Waals surface area contributed by atoms with Crippen LogP contribution in [-0.4, -0.2) is 35.5 Å². The minimum absolute atomic E-state index is 0.0329. The van der Waals surface area contributed by atoms with Gasteiger partial charge in [0.25, 0.3) is 0 Å². The molecule has 0 unspecified atom stereocenters. The summed E-state index contributed by atoms with van der Waals surface area (Å²) in [5.74, 6) is 5.72. The number of anilines is 2. The smallest absolute Gasteiger partial charge is 0.239 e. The van der Waals surface area contributed by atoms with Crippen molar-refractivity contribution < 1.29 is 10.2 Å². The van der Waals surface area contributed by atoms with Crippen molar-refractivity contribution >= 4 is 51.6 Å². The Labute approximate surface area is 190 Å². The van der Waals surface area contributed by atoms with E-state index in [1.165, 1.54) is 0 Å². The highest BCUT2D eigenvalue weighted by atomic mass is 16.3. The molecule has 0 fully saturated rings. The highest BCUT2D eigenvalue weighted by Crippen LogP contribution is 2.30. The van der Waals surface area contributed by atoms with Crippen molar-refractivity contribution in [3.8, 4) is 11.5 Å². The van der Waals surface area contributed by atoms with Crippen LogP contribution in [0.2, 0.25) is 0 Å². The molecule has 0 heterocycles. The number of phenolic OH excluding ortho intramolecular Hbond substituents is 2. The molecule has 0 saturated heterocycles. The number of fused-ring (bicyclic) bond motifs is 2. The van der Waals surface area contributed by atoms with Gasteiger partial charge in [-0.3, -0.25) is 5.43 Å². The van der Waals surface area contributed by atoms with Crippen LogP contribution in [0.5, 0.6) is 11.5 Å². The number of hydrogen-bond donors (Lipinski definition) is 6. The Morgan fingerprint density at radius 1 is 0.788 bits per heavy atom. The summed E-state index contributed by atoms with van der Waals surface area (Å²) in [6.07, 6.45) is 0. The number of rotatable bonds is 4. The SMILES string of the molecule is C=N/C(=N\C(=N/CNc1cc2ccccc2cc1O)Nc1cc2ccccc2cc1O)NN. The Morgan fingerprint density at radius 2 is 1.30 bits per heavy atom. The Balaban J connectivity index is 1.61. The fourth-order valence-electron chi connectivity index (χ4n) is 3.33. The molecule has 0 aromatic heterocycles. The highest BCUT2D eigenvalue weighted by Gasteiger charge is 2.08. The summed E-state index contributed by atoms with van der Waals surface area (Å²) in [5.41, 5.74) is 3.26. The molecule has 7 N–H and O–H groups in total. The minimum Gasteiger partial charge on any atom is -0.506 e. The van der Waals surface area contributed by atoms with Crippen LogP contribution in [0.15, 0.2) is 87.8 Å². The van der Waals surface area contributed by atoms with Crippen LogP contribution in [0.4, 0.5) is 11.4 Å². The van der Waals surface area contributed by atoms with Crippen molar-refractivity contribution in [2.45, 2.75) is 0 Å². The van der Waals surface area contributed by atoms with Crippen LogP contribution in [0.3, 0.4) is 0 Å². The van der Waals surface area contributed by atoms with Gasteiger partial charge in [-0.15, -0.1) is 0 Å². The van der Waals surface area contributed by atoms with E-state index in [9.17, 15) is 10.2 Å². The Hall–Kier alpha value is -4.63. The van der Waals surface area contributed by atoms with E-state index >= 15 is 0 Å². The Bertz CT molecular complexity index is 1380. The number of nitrogens with two attached hydrogens (primary N) is 1. The minimum atomic E-state index is 0.0329. The lowest BCUT2D eigenvalue weighted by molar-refractivity contribution is 0.478. The molecule has 4 aromatic rings. The van der Waals surface area contributed by atoms with E-state index in [-0.39, 0.29) is 30.1 Å². The van der Waals surface area contributed by atoms with E-state index in [1.54, 1.807) is 18.2 Å². The maximum atomic E-state index is 10.5. The second-order valence-corrected chi connectivity index (χ2v) is 7.11. The van der Waals surface area contributed by atoms with Gasteiger partial charge in [0.1, 0.15) is 18.2 Å². The molecule has 0 amide bonds. The summed E-state index contributed by atoms with van der Waals surface area (Å²) in [4.78, 5) is 12.3. The van der Waals surface area contributed by atoms with E-state index < -0.39 is 0 Å². The quantitative estimate of drug-likeness (QED) is 0.0937. The van der Waals surface area contributed by atoms with E-state index in [2.05, 4.69) is 37.8 Å². The van der Waals surface area contributed by atoms with Gasteiger partial charge in [-0.2, -0.15) is 4.99 Å². The molecule has 0 spiro atoms. The molecule has 9 heteroatoms. The number of nitrogens with zero attached hydrogens (tertiary/aromatic N) is 3. The second-order valence-electron chi connectivity index (χ2n) is 7.11. The lowest BCUT2D eigenvalue weighted by Crippen LogP contribution is -2.30. The fraction of sp³-hybridized carbons (Fsp3) is 0.0417. The van der Waals surface area contributed by atoms with Gasteiger partial charge in [-0.05, 0) is 52.5 Å². The Kier molecular flexibility index (Phi) is 6.33.